The van der Waals surface area contributed by atoms with Crippen LogP contribution in [0.2, 0.25) is 10.0 Å². The van der Waals surface area contributed by atoms with Crippen LogP contribution >= 0.6 is 34.5 Å². The lowest BCUT2D eigenvalue weighted by molar-refractivity contribution is 0.0703. The van der Waals surface area contributed by atoms with Crippen LogP contribution in [0, 0.1) is 0 Å². The van der Waals surface area contributed by atoms with E-state index in [2.05, 4.69) is 0 Å². The van der Waals surface area contributed by atoms with Gasteiger partial charge in [0.1, 0.15) is 4.88 Å². The third-order valence-electron chi connectivity index (χ3n) is 2.94. The van der Waals surface area contributed by atoms with Gasteiger partial charge in [0.25, 0.3) is 0 Å². The molecule has 0 atom stereocenters. The Morgan fingerprint density at radius 2 is 1.85 bits per heavy atom. The number of carboxylic acids is 1. The van der Waals surface area contributed by atoms with Crippen LogP contribution in [-0.4, -0.2) is 11.1 Å². The first-order chi connectivity index (χ1) is 9.34. The molecule has 20 heavy (non-hydrogen) atoms. The molecule has 1 aromatic carbocycles. The molecule has 0 saturated heterocycles. The molecule has 2 rings (SSSR count). The lowest BCUT2D eigenvalue weighted by atomic mass is 9.98. The minimum absolute atomic E-state index is 0.0710. The molecule has 0 aliphatic carbocycles. The summed E-state index contributed by atoms with van der Waals surface area (Å²) < 4.78 is 0. The van der Waals surface area contributed by atoms with Gasteiger partial charge in [-0.1, -0.05) is 43.1 Å². The number of rotatable bonds is 3. The lowest BCUT2D eigenvalue weighted by Gasteiger charge is -2.11. The fraction of sp³-hybridized carbons (Fsp3) is 0.214. The van der Waals surface area contributed by atoms with Gasteiger partial charge >= 0.3 is 5.97 Å². The maximum Gasteiger partial charge on any atom is 0.348 e. The van der Waals surface area contributed by atoms with Crippen molar-refractivity contribution in [2.24, 2.45) is 0 Å². The Morgan fingerprint density at radius 1 is 1.30 bits per heavy atom. The number of nitrogens with two attached hydrogens (primary N) is 1. The first-order valence-corrected chi connectivity index (χ1v) is 7.51. The Hall–Kier alpha value is -1.23. The highest BCUT2D eigenvalue weighted by molar-refractivity contribution is 7.18. The number of benzene rings is 1. The van der Waals surface area contributed by atoms with E-state index in [-0.39, 0.29) is 10.8 Å². The number of carboxylic acid groups (broad SMARTS) is 1. The predicted octanol–water partition coefficient (Wildman–Crippen LogP) is 5.13. The average molecular weight is 330 g/mol. The molecule has 0 fully saturated rings. The first kappa shape index (κ1) is 15.2. The van der Waals surface area contributed by atoms with E-state index in [9.17, 15) is 9.90 Å². The Balaban J connectivity index is 2.80. The Kier molecular flexibility index (Phi) is 4.28. The van der Waals surface area contributed by atoms with Gasteiger partial charge in [-0.05, 0) is 23.6 Å². The fourth-order valence-corrected chi connectivity index (χ4v) is 4.08. The number of thiophene rings is 1. The minimum atomic E-state index is -1.04. The van der Waals surface area contributed by atoms with Crippen molar-refractivity contribution in [1.82, 2.24) is 0 Å². The van der Waals surface area contributed by atoms with Crippen LogP contribution in [0.25, 0.3) is 10.4 Å². The van der Waals surface area contributed by atoms with Gasteiger partial charge in [0, 0.05) is 10.4 Å². The fourth-order valence-electron chi connectivity index (χ4n) is 2.09. The van der Waals surface area contributed by atoms with Crippen LogP contribution in [0.5, 0.6) is 0 Å². The molecule has 0 aliphatic heterocycles. The largest absolute Gasteiger partial charge is 0.477 e. The highest BCUT2D eigenvalue weighted by Gasteiger charge is 2.25. The van der Waals surface area contributed by atoms with Crippen molar-refractivity contribution in [3.63, 3.8) is 0 Å². The van der Waals surface area contributed by atoms with Gasteiger partial charge in [0.15, 0.2) is 0 Å². The zero-order valence-corrected chi connectivity index (χ0v) is 13.2. The maximum absolute atomic E-state index is 11.3. The number of hydrogen-bond acceptors (Lipinski definition) is 3. The summed E-state index contributed by atoms with van der Waals surface area (Å²) in [6.45, 7) is 3.91. The Labute approximate surface area is 130 Å². The number of aromatic carboxylic acids is 1. The molecule has 1 aromatic heterocycles. The molecule has 6 heteroatoms. The summed E-state index contributed by atoms with van der Waals surface area (Å²) >= 11 is 13.5. The summed E-state index contributed by atoms with van der Waals surface area (Å²) in [6.07, 6.45) is 0. The van der Waals surface area contributed by atoms with E-state index in [0.29, 0.717) is 21.3 Å². The molecule has 0 bridgehead atoms. The molecule has 2 aromatic rings. The van der Waals surface area contributed by atoms with Crippen LogP contribution in [0.15, 0.2) is 18.2 Å². The van der Waals surface area contributed by atoms with Gasteiger partial charge in [0.05, 0.1) is 15.7 Å². The van der Waals surface area contributed by atoms with Gasteiger partial charge in [-0.2, -0.15) is 0 Å². The molecule has 1 heterocycles. The Bertz CT molecular complexity index is 660. The monoisotopic (exact) mass is 329 g/mol. The summed E-state index contributed by atoms with van der Waals surface area (Å²) in [6, 6.07) is 5.20. The average Bonchev–Trinajstić information content (AvgIpc) is 2.66. The molecule has 0 unspecified atom stereocenters. The normalized spacial score (nSPS) is 11.1. The number of carbonyl (C=O) groups is 1. The van der Waals surface area contributed by atoms with Crippen LogP contribution in [-0.2, 0) is 0 Å². The summed E-state index contributed by atoms with van der Waals surface area (Å²) in [5, 5.41) is 10.2. The molecular weight excluding hydrogens is 317 g/mol. The van der Waals surface area contributed by atoms with Crippen molar-refractivity contribution < 1.29 is 9.90 Å². The molecule has 0 radical (unpaired) electrons. The molecule has 3 nitrogen and oxygen atoms in total. The third kappa shape index (κ3) is 2.51. The van der Waals surface area contributed by atoms with Crippen molar-refractivity contribution in [2.75, 3.05) is 5.73 Å². The molecular formula is C14H13Cl2NO2S. The van der Waals surface area contributed by atoms with Crippen molar-refractivity contribution in [3.8, 4) is 10.4 Å². The van der Waals surface area contributed by atoms with Crippen molar-refractivity contribution in [3.05, 3.63) is 38.7 Å². The van der Waals surface area contributed by atoms with Gasteiger partial charge in [-0.15, -0.1) is 11.3 Å². The van der Waals surface area contributed by atoms with Gasteiger partial charge in [-0.3, -0.25) is 0 Å². The van der Waals surface area contributed by atoms with Crippen molar-refractivity contribution in [1.29, 1.82) is 0 Å². The van der Waals surface area contributed by atoms with Crippen LogP contribution in [0.4, 0.5) is 5.69 Å². The zero-order chi connectivity index (χ0) is 15.0. The SMILES string of the molecule is CC(C)c1c(-c2c(Cl)cccc2Cl)sc(C(=O)O)c1N. The van der Waals surface area contributed by atoms with Gasteiger partial charge in [0.2, 0.25) is 0 Å². The van der Waals surface area contributed by atoms with E-state index in [1.165, 1.54) is 0 Å². The van der Waals surface area contributed by atoms with E-state index in [1.807, 2.05) is 13.8 Å². The van der Waals surface area contributed by atoms with Gasteiger partial charge in [-0.25, -0.2) is 4.79 Å². The standard InChI is InChI=1S/C14H13Cl2NO2S/c1-6(2)9-11(17)13(14(18)19)20-12(9)10-7(15)4-3-5-8(10)16/h3-6H,17H2,1-2H3,(H,18,19). The van der Waals surface area contributed by atoms with Gasteiger partial charge < -0.3 is 10.8 Å². The molecule has 0 aliphatic rings. The number of nitrogen functional groups attached to an aromatic ring is 1. The summed E-state index contributed by atoms with van der Waals surface area (Å²) in [5.74, 6) is -0.967. The van der Waals surface area contributed by atoms with Crippen LogP contribution in [0.3, 0.4) is 0 Å². The predicted molar refractivity (Wildman–Crippen MR) is 85.2 cm³/mol. The van der Waals surface area contributed by atoms with E-state index in [0.717, 1.165) is 21.8 Å². The van der Waals surface area contributed by atoms with Crippen LogP contribution < -0.4 is 5.73 Å². The number of halogens is 2. The third-order valence-corrected chi connectivity index (χ3v) is 4.80. The van der Waals surface area contributed by atoms with Crippen molar-refractivity contribution in [2.45, 2.75) is 19.8 Å². The smallest absolute Gasteiger partial charge is 0.348 e. The molecule has 106 valence electrons. The van der Waals surface area contributed by atoms with E-state index < -0.39 is 5.97 Å². The summed E-state index contributed by atoms with van der Waals surface area (Å²) in [4.78, 5) is 12.1. The quantitative estimate of drug-likeness (QED) is 0.820. The summed E-state index contributed by atoms with van der Waals surface area (Å²) in [5.41, 5.74) is 7.70. The second-order valence-corrected chi connectivity index (χ2v) is 6.48. The second kappa shape index (κ2) is 5.64. The number of hydrogen-bond donors (Lipinski definition) is 2. The maximum atomic E-state index is 11.3. The van der Waals surface area contributed by atoms with Crippen LogP contribution in [0.1, 0.15) is 35.0 Å². The molecule has 0 spiro atoms. The first-order valence-electron chi connectivity index (χ1n) is 5.94. The second-order valence-electron chi connectivity index (χ2n) is 4.64. The topological polar surface area (TPSA) is 63.3 Å². The molecule has 0 saturated carbocycles. The van der Waals surface area contributed by atoms with E-state index in [4.69, 9.17) is 28.9 Å². The number of anilines is 1. The van der Waals surface area contributed by atoms with E-state index in [1.54, 1.807) is 18.2 Å². The summed E-state index contributed by atoms with van der Waals surface area (Å²) in [7, 11) is 0. The molecule has 0 amide bonds. The van der Waals surface area contributed by atoms with Crippen molar-refractivity contribution >= 4 is 46.2 Å². The highest BCUT2D eigenvalue weighted by Crippen LogP contribution is 2.47. The minimum Gasteiger partial charge on any atom is -0.477 e. The Morgan fingerprint density at radius 3 is 2.30 bits per heavy atom. The zero-order valence-electron chi connectivity index (χ0n) is 10.9. The van der Waals surface area contributed by atoms with E-state index >= 15 is 0 Å². The molecule has 3 N–H and O–H groups in total. The lowest BCUT2D eigenvalue weighted by Crippen LogP contribution is -2.00. The highest BCUT2D eigenvalue weighted by atomic mass is 35.5.